The van der Waals surface area contributed by atoms with Crippen LogP contribution in [0.1, 0.15) is 50.8 Å². The quantitative estimate of drug-likeness (QED) is 0.0456. The number of benzene rings is 4. The highest BCUT2D eigenvalue weighted by Crippen LogP contribution is 2.40. The number of nitrogens with one attached hydrogen (secondary N) is 4. The van der Waals surface area contributed by atoms with Crippen molar-refractivity contribution in [1.82, 2.24) is 30.5 Å². The van der Waals surface area contributed by atoms with Crippen LogP contribution in [0.15, 0.2) is 77.7 Å². The predicted molar refractivity (Wildman–Crippen MR) is 270 cm³/mol. The summed E-state index contributed by atoms with van der Waals surface area (Å²) in [6.45, 7) is 6.24. The summed E-state index contributed by atoms with van der Waals surface area (Å²) in [4.78, 5) is 29.1. The molecule has 70 heavy (non-hydrogen) atoms. The van der Waals surface area contributed by atoms with Crippen molar-refractivity contribution in [2.45, 2.75) is 48.6 Å². The van der Waals surface area contributed by atoms with Gasteiger partial charge in [0.15, 0.2) is 12.2 Å². The first-order valence-electron chi connectivity index (χ1n) is 23.1. The van der Waals surface area contributed by atoms with Crippen molar-refractivity contribution in [3.63, 3.8) is 0 Å². The van der Waals surface area contributed by atoms with E-state index in [1.165, 1.54) is 11.1 Å². The molecular weight excluding hydrogens is 1010 g/mol. The number of likely N-dealkylation sites (N-methyl/N-ethyl adjacent to an activating group) is 2. The van der Waals surface area contributed by atoms with Crippen LogP contribution in [-0.4, -0.2) is 159 Å². The molecule has 0 spiro atoms. The molecule has 4 aromatic carbocycles. The first-order valence-corrected chi connectivity index (χ1v) is 26.0. The predicted octanol–water partition coefficient (Wildman–Crippen LogP) is 4.54. The number of nitrogens with zero attached hydrogens (tertiary/aromatic N) is 2. The normalized spacial score (nSPS) is 17.1. The van der Waals surface area contributed by atoms with Crippen molar-refractivity contribution in [1.29, 1.82) is 0 Å². The van der Waals surface area contributed by atoms with E-state index in [4.69, 9.17) is 65.4 Å². The third-order valence-electron chi connectivity index (χ3n) is 11.9. The van der Waals surface area contributed by atoms with Crippen LogP contribution in [-0.2, 0) is 58.2 Å². The minimum absolute atomic E-state index is 0.00382. The summed E-state index contributed by atoms with van der Waals surface area (Å²) in [6, 6.07) is 22.8. The molecule has 2 aliphatic rings. The fourth-order valence-electron chi connectivity index (χ4n) is 8.35. The topological polar surface area (TPSA) is 200 Å². The zero-order valence-corrected chi connectivity index (χ0v) is 43.1. The molecular formula is C49H62Cl4N6O10S. The van der Waals surface area contributed by atoms with E-state index in [-0.39, 0.29) is 76.0 Å². The van der Waals surface area contributed by atoms with E-state index in [1.54, 1.807) is 36.4 Å². The third-order valence-corrected chi connectivity index (χ3v) is 14.5. The highest BCUT2D eigenvalue weighted by Gasteiger charge is 2.31. The van der Waals surface area contributed by atoms with Gasteiger partial charge in [-0.05, 0) is 89.4 Å². The maximum absolute atomic E-state index is 12.9. The summed E-state index contributed by atoms with van der Waals surface area (Å²) in [5.41, 5.74) is 7.67. The van der Waals surface area contributed by atoms with E-state index in [9.17, 15) is 28.2 Å². The monoisotopic (exact) mass is 1070 g/mol. The number of aliphatic hydroxyl groups is 2. The number of fused-ring (bicyclic) bond motifs is 2. The second-order valence-corrected chi connectivity index (χ2v) is 20.7. The van der Waals surface area contributed by atoms with Crippen molar-refractivity contribution in [3.8, 4) is 0 Å². The summed E-state index contributed by atoms with van der Waals surface area (Å²) in [5.74, 6) is -1.70. The number of amides is 2. The molecule has 0 bridgehead atoms. The SMILES string of the molecule is CN1Cc2c(Cl)cc(Cl)cc2C(c2ccc(CNCCOCCOCCNC(=O)C(O)C(O)C(=O)NCCOCCOCCNS(=O)(=O)c3ccc(C4CN(C)Cc5c(Cl)cc(Cl)cc54)cc3)cc2)C1. The van der Waals surface area contributed by atoms with E-state index in [1.807, 2.05) is 19.2 Å². The van der Waals surface area contributed by atoms with Crippen LogP contribution in [0.3, 0.4) is 0 Å². The Hall–Kier alpha value is -3.47. The van der Waals surface area contributed by atoms with Crippen LogP contribution in [0.25, 0.3) is 0 Å². The molecule has 0 saturated heterocycles. The number of carbonyl (C=O) groups is 2. The lowest BCUT2D eigenvalue weighted by molar-refractivity contribution is -0.146. The Morgan fingerprint density at radius 3 is 1.49 bits per heavy atom. The number of ether oxygens (including phenoxy) is 4. The molecule has 0 radical (unpaired) electrons. The fraction of sp³-hybridized carbons (Fsp3) is 0.469. The second kappa shape index (κ2) is 27.5. The lowest BCUT2D eigenvalue weighted by atomic mass is 9.84. The molecule has 16 nitrogen and oxygen atoms in total. The molecule has 4 unspecified atom stereocenters. The van der Waals surface area contributed by atoms with Crippen molar-refractivity contribution < 1.29 is 47.2 Å². The van der Waals surface area contributed by atoms with Gasteiger partial charge in [-0.15, -0.1) is 0 Å². The molecule has 0 fully saturated rings. The Morgan fingerprint density at radius 2 is 1.03 bits per heavy atom. The van der Waals surface area contributed by atoms with Crippen LogP contribution in [0.5, 0.6) is 0 Å². The molecule has 4 atom stereocenters. The van der Waals surface area contributed by atoms with E-state index in [2.05, 4.69) is 61.8 Å². The Labute approximate surface area is 430 Å². The molecule has 2 aliphatic heterocycles. The van der Waals surface area contributed by atoms with Gasteiger partial charge in [0.2, 0.25) is 10.0 Å². The molecule has 4 aromatic rings. The van der Waals surface area contributed by atoms with Gasteiger partial charge >= 0.3 is 0 Å². The van der Waals surface area contributed by atoms with Crippen LogP contribution >= 0.6 is 46.4 Å². The summed E-state index contributed by atoms with van der Waals surface area (Å²) < 4.78 is 50.3. The lowest BCUT2D eigenvalue weighted by Crippen LogP contribution is -2.50. The van der Waals surface area contributed by atoms with E-state index >= 15 is 0 Å². The molecule has 6 N–H and O–H groups in total. The smallest absolute Gasteiger partial charge is 0.252 e. The zero-order valence-electron chi connectivity index (χ0n) is 39.2. The average molecular weight is 1070 g/mol. The number of aliphatic hydroxyl groups excluding tert-OH is 2. The molecule has 2 amide bonds. The largest absolute Gasteiger partial charge is 0.380 e. The average Bonchev–Trinajstić information content (AvgIpc) is 3.33. The number of rotatable bonds is 27. The van der Waals surface area contributed by atoms with E-state index < -0.39 is 34.0 Å². The van der Waals surface area contributed by atoms with Crippen molar-refractivity contribution in [2.24, 2.45) is 0 Å². The molecule has 6 rings (SSSR count). The van der Waals surface area contributed by atoms with Crippen molar-refractivity contribution >= 4 is 68.2 Å². The zero-order chi connectivity index (χ0) is 50.2. The van der Waals surface area contributed by atoms with Crippen LogP contribution in [0, 0.1) is 0 Å². The van der Waals surface area contributed by atoms with E-state index in [0.717, 1.165) is 47.5 Å². The van der Waals surface area contributed by atoms with Gasteiger partial charge in [-0.1, -0.05) is 82.8 Å². The Balaban J connectivity index is 0.736. The molecule has 2 heterocycles. The summed E-state index contributed by atoms with van der Waals surface area (Å²) in [6.07, 6.45) is -3.98. The van der Waals surface area contributed by atoms with Gasteiger partial charge in [0.1, 0.15) is 0 Å². The van der Waals surface area contributed by atoms with E-state index in [0.29, 0.717) is 52.9 Å². The highest BCUT2D eigenvalue weighted by atomic mass is 35.5. The number of carbonyl (C=O) groups excluding carboxylic acids is 2. The van der Waals surface area contributed by atoms with Gasteiger partial charge in [0.25, 0.3) is 11.8 Å². The molecule has 0 aromatic heterocycles. The van der Waals surface area contributed by atoms with Crippen LogP contribution in [0.4, 0.5) is 0 Å². The lowest BCUT2D eigenvalue weighted by Gasteiger charge is -2.33. The van der Waals surface area contributed by atoms with Crippen molar-refractivity contribution in [3.05, 3.63) is 132 Å². The second-order valence-electron chi connectivity index (χ2n) is 17.2. The summed E-state index contributed by atoms with van der Waals surface area (Å²) >= 11 is 25.7. The van der Waals surface area contributed by atoms with Gasteiger partial charge in [-0.3, -0.25) is 9.59 Å². The van der Waals surface area contributed by atoms with Gasteiger partial charge < -0.3 is 54.9 Å². The maximum atomic E-state index is 12.9. The minimum atomic E-state index is -3.78. The Kier molecular flexibility index (Phi) is 22.0. The van der Waals surface area contributed by atoms with Gasteiger partial charge in [0.05, 0.1) is 57.8 Å². The first kappa shape index (κ1) is 55.8. The highest BCUT2D eigenvalue weighted by molar-refractivity contribution is 7.89. The first-order chi connectivity index (χ1) is 33.6. The maximum Gasteiger partial charge on any atom is 0.252 e. The van der Waals surface area contributed by atoms with Crippen LogP contribution < -0.4 is 20.7 Å². The van der Waals surface area contributed by atoms with Crippen molar-refractivity contribution in [2.75, 3.05) is 106 Å². The van der Waals surface area contributed by atoms with Crippen LogP contribution in [0.2, 0.25) is 20.1 Å². The number of hydrogen-bond donors (Lipinski definition) is 6. The third kappa shape index (κ3) is 16.3. The fourth-order valence-corrected chi connectivity index (χ4v) is 10.5. The van der Waals surface area contributed by atoms with Gasteiger partial charge in [0, 0.05) is 90.8 Å². The molecule has 21 heteroatoms. The standard InChI is InChI=1S/C49H62Cl4N6O10S/c1-58-28-40(38-23-35(50)25-44(52)42(38)30-58)33-5-3-32(4-6-33)27-54-11-15-66-19-20-67-16-12-55-48(62)46(60)47(61)49(63)56-13-17-68-21-22-69-18-14-57-70(64,65)37-9-7-34(8-10-37)41-29-59(2)31-43-39(41)24-36(51)26-45(43)53/h3-10,23-26,40-41,46-47,54,57,60-61H,11-22,27-31H2,1-2H3,(H,55,62)(H,56,63). The van der Waals surface area contributed by atoms with Gasteiger partial charge in [-0.2, -0.15) is 0 Å². The Bertz CT molecular complexity index is 2460. The summed E-state index contributed by atoms with van der Waals surface area (Å²) in [7, 11) is 0.320. The summed E-state index contributed by atoms with van der Waals surface area (Å²) in [5, 5.41) is 31.0. The Morgan fingerprint density at radius 1 is 0.614 bits per heavy atom. The molecule has 0 saturated carbocycles. The minimum Gasteiger partial charge on any atom is -0.380 e. The number of sulfonamides is 1. The number of hydrogen-bond acceptors (Lipinski definition) is 13. The molecule has 382 valence electrons. The number of halogens is 4. The van der Waals surface area contributed by atoms with Gasteiger partial charge in [-0.25, -0.2) is 13.1 Å². The molecule has 0 aliphatic carbocycles.